The van der Waals surface area contributed by atoms with Crippen molar-refractivity contribution in [2.45, 2.75) is 59.9 Å². The van der Waals surface area contributed by atoms with Crippen LogP contribution >= 0.6 is 0 Å². The van der Waals surface area contributed by atoms with Gasteiger partial charge in [-0.25, -0.2) is 0 Å². The lowest BCUT2D eigenvalue weighted by atomic mass is 10.4. The van der Waals surface area contributed by atoms with Gasteiger partial charge >= 0.3 is 0 Å². The van der Waals surface area contributed by atoms with Gasteiger partial charge in [-0.3, -0.25) is 4.98 Å². The van der Waals surface area contributed by atoms with Crippen LogP contribution in [-0.2, 0) is 0 Å². The summed E-state index contributed by atoms with van der Waals surface area (Å²) in [5, 5.41) is 38.6. The van der Waals surface area contributed by atoms with Crippen LogP contribution in [0.4, 0.5) is 0 Å². The Balaban J connectivity index is -0.0000000357. The highest BCUT2D eigenvalue weighted by Crippen LogP contribution is 1.88. The molecule has 1 rings (SSSR count). The minimum absolute atomic E-state index is 0. The van der Waals surface area contributed by atoms with E-state index in [0.29, 0.717) is 0 Å². The topological polar surface area (TPSA) is 268 Å². The van der Waals surface area contributed by atoms with E-state index in [1.807, 2.05) is 0 Å². The number of aromatic nitrogens is 1. The van der Waals surface area contributed by atoms with Crippen molar-refractivity contribution in [3.63, 3.8) is 0 Å². The van der Waals surface area contributed by atoms with Crippen molar-refractivity contribution in [1.29, 1.82) is 0 Å². The largest absolute Gasteiger partial charge is 0.852 e. The molecule has 1 aromatic rings. The predicted octanol–water partition coefficient (Wildman–Crippen LogP) is 0.215. The normalized spacial score (nSPS) is 7.52. The Kier molecular flexibility index (Phi) is 52.8. The summed E-state index contributed by atoms with van der Waals surface area (Å²) in [6, 6.07) is 4.62. The Morgan fingerprint density at radius 2 is 1.08 bits per heavy atom. The summed E-state index contributed by atoms with van der Waals surface area (Å²) in [5.74, 6) is -1.24. The van der Waals surface area contributed by atoms with Gasteiger partial charge in [0.05, 0.1) is 11.7 Å². The molecule has 0 aliphatic heterocycles. The van der Waals surface area contributed by atoms with Crippen LogP contribution in [0.1, 0.15) is 52.0 Å². The zero-order valence-corrected chi connectivity index (χ0v) is 17.5. The van der Waals surface area contributed by atoms with Crippen LogP contribution in [-0.4, -0.2) is 29.3 Å². The number of carboxylic acids is 1. The first kappa shape index (κ1) is 43.6. The molecule has 0 saturated carbocycles. The standard InChI is InChI=1S/C6H5NO2.3C3H7O.4H3N/c8-6(9)5-3-1-2-4-7-5;3*1-3(2)4;;;;/h1-4H,(H,8,9);3*3H,1-2H3;4*1H3/q;3*-1;;;;/p+3. The highest BCUT2D eigenvalue weighted by Gasteiger charge is 1.87. The maximum atomic E-state index is 10.0. The number of aromatic carboxylic acids is 1. The summed E-state index contributed by atoms with van der Waals surface area (Å²) in [4.78, 5) is 13.5. The maximum Gasteiger partial charge on any atom is 0.0899 e. The summed E-state index contributed by atoms with van der Waals surface area (Å²) in [5.41, 5.74) is -0.0301. The highest BCUT2D eigenvalue weighted by molar-refractivity contribution is 5.83. The molecular formula is C15H41N5O5. The molecule has 0 saturated heterocycles. The zero-order valence-electron chi connectivity index (χ0n) is 17.5. The van der Waals surface area contributed by atoms with Gasteiger partial charge < -0.3 is 49.8 Å². The van der Waals surface area contributed by atoms with Crippen LogP contribution in [0.25, 0.3) is 0 Å². The molecule has 0 fully saturated rings. The minimum atomic E-state index is -1.24. The summed E-state index contributed by atoms with van der Waals surface area (Å²) in [7, 11) is 0. The van der Waals surface area contributed by atoms with E-state index in [1.165, 1.54) is 12.3 Å². The molecule has 1 aromatic heterocycles. The van der Waals surface area contributed by atoms with E-state index in [2.05, 4.69) is 4.98 Å². The lowest BCUT2D eigenvalue weighted by molar-refractivity contribution is -0.408. The van der Waals surface area contributed by atoms with Gasteiger partial charge in [-0.2, -0.15) is 0 Å². The Labute approximate surface area is 151 Å². The molecule has 0 aliphatic carbocycles. The van der Waals surface area contributed by atoms with Crippen molar-refractivity contribution in [3.8, 4) is 0 Å². The number of nitrogens with zero attached hydrogens (tertiary/aromatic N) is 1. The number of carboxylic acid groups (broad SMARTS) is 1. The van der Waals surface area contributed by atoms with Crippen LogP contribution in [0, 0.1) is 0 Å². The highest BCUT2D eigenvalue weighted by atomic mass is 16.4. The Morgan fingerprint density at radius 1 is 0.800 bits per heavy atom. The van der Waals surface area contributed by atoms with E-state index in [-0.39, 0.29) is 30.3 Å². The van der Waals surface area contributed by atoms with Crippen LogP contribution in [0.5, 0.6) is 0 Å². The van der Waals surface area contributed by atoms with E-state index in [9.17, 15) is 25.2 Å². The fraction of sp³-hybridized carbons (Fsp3) is 0.600. The summed E-state index contributed by atoms with van der Waals surface area (Å²) in [6.07, 6.45) is 0.158. The molecule has 0 radical (unpaired) electrons. The monoisotopic (exact) mass is 371 g/mol. The third-order valence-electron chi connectivity index (χ3n) is 0.874. The third kappa shape index (κ3) is 86.4. The number of rotatable bonds is 1. The first-order chi connectivity index (χ1) is 9.50. The summed E-state index contributed by atoms with van der Waals surface area (Å²) < 4.78 is 0. The second kappa shape index (κ2) is 30.2. The fourth-order valence-electron chi connectivity index (χ4n) is 0.484. The molecule has 0 aliphatic rings. The van der Waals surface area contributed by atoms with Crippen molar-refractivity contribution in [2.24, 2.45) is 0 Å². The zero-order chi connectivity index (χ0) is 17.4. The van der Waals surface area contributed by atoms with E-state index >= 15 is 0 Å². The summed E-state index contributed by atoms with van der Waals surface area (Å²) in [6.45, 7) is 9.67. The quantitative estimate of drug-likeness (QED) is 0.535. The Morgan fingerprint density at radius 3 is 1.20 bits per heavy atom. The molecule has 0 atom stereocenters. The molecule has 10 heteroatoms. The van der Waals surface area contributed by atoms with Crippen molar-refractivity contribution in [3.05, 3.63) is 30.1 Å². The van der Waals surface area contributed by atoms with Gasteiger partial charge in [0.1, 0.15) is 0 Å². The molecule has 16 N–H and O–H groups in total. The van der Waals surface area contributed by atoms with Crippen molar-refractivity contribution in [1.82, 2.24) is 29.6 Å². The van der Waals surface area contributed by atoms with Gasteiger partial charge in [-0.05, 0) is 12.1 Å². The molecule has 25 heavy (non-hydrogen) atoms. The predicted molar refractivity (Wildman–Crippen MR) is 97.9 cm³/mol. The maximum absolute atomic E-state index is 10.0. The van der Waals surface area contributed by atoms with Gasteiger partial charge in [0, 0.05) is 6.20 Å². The second-order valence-electron chi connectivity index (χ2n) is 4.65. The van der Waals surface area contributed by atoms with Gasteiger partial charge in [-0.1, -0.05) is 47.6 Å². The number of carbonyl (C=O) groups is 1. The number of carbonyl (C=O) groups excluding carboxylic acids is 1. The Hall–Kier alpha value is -1.66. The van der Waals surface area contributed by atoms with Crippen LogP contribution in [0.3, 0.4) is 0 Å². The minimum Gasteiger partial charge on any atom is -0.852 e. The first-order valence-corrected chi connectivity index (χ1v) is 6.60. The van der Waals surface area contributed by atoms with Crippen LogP contribution in [0.2, 0.25) is 0 Å². The molecule has 10 nitrogen and oxygen atoms in total. The number of hydrogen-bond donors (Lipinski definition) is 4. The Bertz CT molecular complexity index is 316. The lowest BCUT2D eigenvalue weighted by Gasteiger charge is -2.02. The average Bonchev–Trinajstić information content (AvgIpc) is 2.27. The molecule has 0 spiro atoms. The average molecular weight is 372 g/mol. The lowest BCUT2D eigenvalue weighted by Crippen LogP contribution is -2.23. The van der Waals surface area contributed by atoms with Crippen molar-refractivity contribution >= 4 is 5.97 Å². The van der Waals surface area contributed by atoms with E-state index in [4.69, 9.17) is 0 Å². The smallest absolute Gasteiger partial charge is 0.0899 e. The third-order valence-corrected chi connectivity index (χ3v) is 0.874. The molecule has 0 bridgehead atoms. The number of quaternary nitrogens is 4. The number of hydrogen-bond acceptors (Lipinski definition) is 6. The van der Waals surface area contributed by atoms with Gasteiger partial charge in [0.25, 0.3) is 0 Å². The number of pyridine rings is 1. The SMILES string of the molecule is CC(C)[O-].CC(C)[O-].CC(C)[O-].O=C([O-])c1ccccn1.[NH4+].[NH4+].[NH4+].[NH4+]. The second-order valence-corrected chi connectivity index (χ2v) is 4.65. The van der Waals surface area contributed by atoms with Gasteiger partial charge in [0.15, 0.2) is 0 Å². The molecule has 0 unspecified atom stereocenters. The molecule has 1 heterocycles. The van der Waals surface area contributed by atoms with E-state index < -0.39 is 24.3 Å². The van der Waals surface area contributed by atoms with E-state index in [1.54, 1.807) is 53.7 Å². The molecule has 156 valence electrons. The fourth-order valence-corrected chi connectivity index (χ4v) is 0.484. The van der Waals surface area contributed by atoms with Crippen LogP contribution < -0.4 is 45.0 Å². The molecule has 0 amide bonds. The van der Waals surface area contributed by atoms with Gasteiger partial charge in [0.2, 0.25) is 0 Å². The first-order valence-electron chi connectivity index (χ1n) is 6.60. The van der Waals surface area contributed by atoms with Gasteiger partial charge in [-0.15, -0.1) is 18.3 Å². The van der Waals surface area contributed by atoms with Crippen molar-refractivity contribution in [2.75, 3.05) is 0 Å². The summed E-state index contributed by atoms with van der Waals surface area (Å²) >= 11 is 0. The molecular weight excluding hydrogens is 330 g/mol. The van der Waals surface area contributed by atoms with Crippen LogP contribution in [0.15, 0.2) is 24.4 Å². The molecule has 0 aromatic carbocycles. The van der Waals surface area contributed by atoms with Crippen molar-refractivity contribution < 1.29 is 25.2 Å². The van der Waals surface area contributed by atoms with E-state index in [0.717, 1.165) is 0 Å².